The highest BCUT2D eigenvalue weighted by atomic mass is 16.5. The van der Waals surface area contributed by atoms with Gasteiger partial charge in [-0.2, -0.15) is 0 Å². The molecule has 34 heavy (non-hydrogen) atoms. The van der Waals surface area contributed by atoms with E-state index in [1.54, 1.807) is 17.0 Å². The number of hydrogen-bond donors (Lipinski definition) is 1. The minimum atomic E-state index is -0.810. The summed E-state index contributed by atoms with van der Waals surface area (Å²) in [7, 11) is 0. The topological polar surface area (TPSA) is 71.8 Å². The van der Waals surface area contributed by atoms with Crippen molar-refractivity contribution in [3.05, 3.63) is 89.4 Å². The van der Waals surface area contributed by atoms with Gasteiger partial charge in [-0.15, -0.1) is 0 Å². The zero-order valence-electron chi connectivity index (χ0n) is 19.8. The highest BCUT2D eigenvalue weighted by molar-refractivity contribution is 5.96. The number of ether oxygens (including phenoxy) is 1. The van der Waals surface area contributed by atoms with E-state index in [1.807, 2.05) is 62.4 Å². The van der Waals surface area contributed by atoms with Gasteiger partial charge in [-0.25, -0.2) is 0 Å². The summed E-state index contributed by atoms with van der Waals surface area (Å²) in [5.74, 6) is 0.425. The van der Waals surface area contributed by atoms with Crippen molar-refractivity contribution in [2.45, 2.75) is 58.2 Å². The molecule has 0 saturated heterocycles. The van der Waals surface area contributed by atoms with Crippen LogP contribution in [0.5, 0.6) is 5.75 Å². The first kappa shape index (κ1) is 23.6. The van der Waals surface area contributed by atoms with Gasteiger partial charge in [0.2, 0.25) is 5.91 Å². The Labute approximate surface area is 200 Å². The Balaban J connectivity index is 1.72. The largest absolute Gasteiger partial charge is 0.494 e. The van der Waals surface area contributed by atoms with Crippen molar-refractivity contribution in [1.82, 2.24) is 10.2 Å². The van der Waals surface area contributed by atoms with Crippen LogP contribution in [0.25, 0.3) is 0 Å². The summed E-state index contributed by atoms with van der Waals surface area (Å²) in [4.78, 5) is 28.9. The lowest BCUT2D eigenvalue weighted by Gasteiger charge is -2.32. The van der Waals surface area contributed by atoms with Crippen molar-refractivity contribution in [2.24, 2.45) is 0 Å². The first-order valence-corrected chi connectivity index (χ1v) is 12.0. The number of hydrogen-bond acceptors (Lipinski definition) is 4. The summed E-state index contributed by atoms with van der Waals surface area (Å²) in [5, 5.41) is 3.20. The van der Waals surface area contributed by atoms with Crippen molar-refractivity contribution in [3.63, 3.8) is 0 Å². The van der Waals surface area contributed by atoms with Crippen LogP contribution in [0.1, 0.15) is 65.9 Å². The van der Waals surface area contributed by atoms with E-state index < -0.39 is 6.04 Å². The molecule has 1 saturated carbocycles. The number of benzene rings is 2. The first-order valence-electron chi connectivity index (χ1n) is 12.0. The lowest BCUT2D eigenvalue weighted by Crippen LogP contribution is -2.45. The van der Waals surface area contributed by atoms with Crippen LogP contribution in [0, 0.1) is 6.92 Å². The average molecular weight is 461 g/mol. The van der Waals surface area contributed by atoms with Crippen LogP contribution in [-0.4, -0.2) is 29.4 Å². The predicted octanol–water partition coefficient (Wildman–Crippen LogP) is 5.43. The molecule has 1 heterocycles. The van der Waals surface area contributed by atoms with Crippen LogP contribution >= 0.6 is 0 Å². The average Bonchev–Trinajstić information content (AvgIpc) is 3.55. The molecule has 1 aliphatic rings. The van der Waals surface area contributed by atoms with E-state index in [1.165, 1.54) is 6.26 Å². The molecule has 6 heteroatoms. The monoisotopic (exact) mass is 460 g/mol. The van der Waals surface area contributed by atoms with Gasteiger partial charge in [-0.05, 0) is 62.1 Å². The number of furan rings is 1. The molecule has 1 N–H and O–H groups in total. The Kier molecular flexibility index (Phi) is 7.68. The zero-order valence-corrected chi connectivity index (χ0v) is 19.8. The third-order valence-corrected chi connectivity index (χ3v) is 6.23. The van der Waals surface area contributed by atoms with E-state index in [0.717, 1.165) is 48.1 Å². The Morgan fingerprint density at radius 3 is 2.38 bits per heavy atom. The number of nitrogens with zero attached hydrogens (tertiary/aromatic N) is 1. The summed E-state index contributed by atoms with van der Waals surface area (Å²) in [6.45, 7) is 4.78. The van der Waals surface area contributed by atoms with E-state index in [4.69, 9.17) is 9.15 Å². The number of aryl methyl sites for hydroxylation is 1. The van der Waals surface area contributed by atoms with Crippen molar-refractivity contribution >= 4 is 11.8 Å². The Hall–Kier alpha value is -3.54. The zero-order chi connectivity index (χ0) is 23.9. The maximum absolute atomic E-state index is 13.7. The molecule has 2 aromatic carbocycles. The molecule has 0 bridgehead atoms. The van der Waals surface area contributed by atoms with Gasteiger partial charge in [0.15, 0.2) is 5.76 Å². The molecule has 0 aliphatic heterocycles. The molecule has 0 spiro atoms. The number of nitrogens with one attached hydrogen (secondary N) is 1. The minimum Gasteiger partial charge on any atom is -0.494 e. The van der Waals surface area contributed by atoms with Gasteiger partial charge in [-0.1, -0.05) is 54.8 Å². The van der Waals surface area contributed by atoms with Gasteiger partial charge >= 0.3 is 0 Å². The molecule has 0 unspecified atom stereocenters. The van der Waals surface area contributed by atoms with Crippen LogP contribution in [0.15, 0.2) is 71.3 Å². The Morgan fingerprint density at radius 2 is 1.76 bits per heavy atom. The molecular weight excluding hydrogens is 428 g/mol. The van der Waals surface area contributed by atoms with E-state index in [9.17, 15) is 9.59 Å². The van der Waals surface area contributed by atoms with E-state index in [-0.39, 0.29) is 30.2 Å². The van der Waals surface area contributed by atoms with Gasteiger partial charge in [0.25, 0.3) is 5.91 Å². The van der Waals surface area contributed by atoms with Crippen LogP contribution in [0.2, 0.25) is 0 Å². The maximum Gasteiger partial charge on any atom is 0.290 e. The van der Waals surface area contributed by atoms with Gasteiger partial charge in [-0.3, -0.25) is 9.59 Å². The van der Waals surface area contributed by atoms with E-state index in [2.05, 4.69) is 5.32 Å². The van der Waals surface area contributed by atoms with Crippen molar-refractivity contribution in [3.8, 4) is 5.75 Å². The van der Waals surface area contributed by atoms with Crippen LogP contribution in [-0.2, 0) is 11.3 Å². The molecule has 178 valence electrons. The minimum absolute atomic E-state index is 0.137. The fourth-order valence-corrected chi connectivity index (χ4v) is 4.45. The molecule has 6 nitrogen and oxygen atoms in total. The fraction of sp³-hybridized carbons (Fsp3) is 0.357. The van der Waals surface area contributed by atoms with Crippen LogP contribution < -0.4 is 10.1 Å². The SMILES string of the molecule is CCOc1ccc([C@@H](C(=O)NC2CCCC2)N(Cc2ccc(C)cc2)C(=O)c2ccco2)cc1. The molecule has 1 atom stereocenters. The summed E-state index contributed by atoms with van der Waals surface area (Å²) in [6, 6.07) is 18.0. The van der Waals surface area contributed by atoms with Crippen LogP contribution in [0.3, 0.4) is 0 Å². The Morgan fingerprint density at radius 1 is 1.06 bits per heavy atom. The molecule has 1 fully saturated rings. The maximum atomic E-state index is 13.7. The third-order valence-electron chi connectivity index (χ3n) is 6.23. The summed E-state index contributed by atoms with van der Waals surface area (Å²) < 4.78 is 11.0. The number of carbonyl (C=O) groups excluding carboxylic acids is 2. The van der Waals surface area contributed by atoms with Crippen molar-refractivity contribution in [1.29, 1.82) is 0 Å². The molecule has 4 rings (SSSR count). The summed E-state index contributed by atoms with van der Waals surface area (Å²) in [5.41, 5.74) is 2.80. The number of amides is 2. The van der Waals surface area contributed by atoms with Gasteiger partial charge in [0.1, 0.15) is 11.8 Å². The molecule has 1 aliphatic carbocycles. The molecule has 3 aromatic rings. The second kappa shape index (κ2) is 11.1. The standard InChI is InChI=1S/C28H32N2O4/c1-3-33-24-16-14-22(15-17-24)26(27(31)29-23-7-4-5-8-23)30(28(32)25-9-6-18-34-25)19-21-12-10-20(2)11-13-21/h6,9-18,23,26H,3-5,7-8,19H2,1-2H3,(H,29,31)/t26-/m0/s1. The predicted molar refractivity (Wildman–Crippen MR) is 131 cm³/mol. The van der Waals surface area contributed by atoms with Gasteiger partial charge in [0.05, 0.1) is 12.9 Å². The summed E-state index contributed by atoms with van der Waals surface area (Å²) in [6.07, 6.45) is 5.62. The fourth-order valence-electron chi connectivity index (χ4n) is 4.45. The number of rotatable bonds is 9. The van der Waals surface area contributed by atoms with Crippen LogP contribution in [0.4, 0.5) is 0 Å². The molecule has 2 amide bonds. The third kappa shape index (κ3) is 5.68. The smallest absolute Gasteiger partial charge is 0.290 e. The van der Waals surface area contributed by atoms with Gasteiger partial charge < -0.3 is 19.4 Å². The molecule has 0 radical (unpaired) electrons. The molecule has 1 aromatic heterocycles. The van der Waals surface area contributed by atoms with E-state index in [0.29, 0.717) is 6.61 Å². The van der Waals surface area contributed by atoms with E-state index >= 15 is 0 Å². The van der Waals surface area contributed by atoms with Crippen molar-refractivity contribution < 1.29 is 18.7 Å². The second-order valence-electron chi connectivity index (χ2n) is 8.79. The molecular formula is C28H32N2O4. The van der Waals surface area contributed by atoms with Crippen molar-refractivity contribution in [2.75, 3.05) is 6.61 Å². The highest BCUT2D eigenvalue weighted by Gasteiger charge is 2.34. The van der Waals surface area contributed by atoms with Gasteiger partial charge in [0, 0.05) is 12.6 Å². The highest BCUT2D eigenvalue weighted by Crippen LogP contribution is 2.29. The lowest BCUT2D eigenvalue weighted by atomic mass is 10.0. The normalized spacial score (nSPS) is 14.5. The lowest BCUT2D eigenvalue weighted by molar-refractivity contribution is -0.126. The Bertz CT molecular complexity index is 1070. The number of carbonyl (C=O) groups is 2. The second-order valence-corrected chi connectivity index (χ2v) is 8.79. The summed E-state index contributed by atoms with van der Waals surface area (Å²) >= 11 is 0. The quantitative estimate of drug-likeness (QED) is 0.462. The first-order chi connectivity index (χ1) is 16.5.